The van der Waals surface area contributed by atoms with Crippen molar-refractivity contribution in [2.24, 2.45) is 0 Å². The summed E-state index contributed by atoms with van der Waals surface area (Å²) in [6, 6.07) is 14.9. The van der Waals surface area contributed by atoms with Gasteiger partial charge >= 0.3 is 0 Å². The molecule has 2 aliphatic rings. The van der Waals surface area contributed by atoms with E-state index in [1.807, 2.05) is 4.90 Å². The Labute approximate surface area is 173 Å². The van der Waals surface area contributed by atoms with Crippen LogP contribution in [0.25, 0.3) is 0 Å². The summed E-state index contributed by atoms with van der Waals surface area (Å²) in [7, 11) is 0. The van der Waals surface area contributed by atoms with Crippen LogP contribution in [0.5, 0.6) is 0 Å². The summed E-state index contributed by atoms with van der Waals surface area (Å²) < 4.78 is 5.37. The molecular formula is C24H31N3O2. The third-order valence-electron chi connectivity index (χ3n) is 6.19. The first-order valence-corrected chi connectivity index (χ1v) is 10.8. The highest BCUT2D eigenvalue weighted by Gasteiger charge is 2.26. The number of ether oxygens (including phenoxy) is 1. The summed E-state index contributed by atoms with van der Waals surface area (Å²) in [5.41, 5.74) is 4.95. The second-order valence-electron chi connectivity index (χ2n) is 8.20. The zero-order valence-corrected chi connectivity index (χ0v) is 17.3. The number of nitrogens with zero attached hydrogens (tertiary/aromatic N) is 3. The molecular weight excluding hydrogens is 362 g/mol. The van der Waals surface area contributed by atoms with Gasteiger partial charge in [-0.2, -0.15) is 0 Å². The molecule has 0 unspecified atom stereocenters. The van der Waals surface area contributed by atoms with Gasteiger partial charge in [-0.3, -0.25) is 14.7 Å². The Bertz CT molecular complexity index is 824. The van der Waals surface area contributed by atoms with E-state index in [0.29, 0.717) is 12.5 Å². The number of aromatic nitrogens is 1. The molecule has 0 spiro atoms. The highest BCUT2D eigenvalue weighted by Crippen LogP contribution is 2.27. The van der Waals surface area contributed by atoms with Crippen molar-refractivity contribution in [1.29, 1.82) is 0 Å². The molecule has 29 heavy (non-hydrogen) atoms. The summed E-state index contributed by atoms with van der Waals surface area (Å²) in [5, 5.41) is 0. The van der Waals surface area contributed by atoms with Crippen LogP contribution in [0, 0.1) is 6.92 Å². The Morgan fingerprint density at radius 3 is 2.55 bits per heavy atom. The molecule has 1 aromatic carbocycles. The molecule has 0 aliphatic carbocycles. The van der Waals surface area contributed by atoms with Gasteiger partial charge in [0.2, 0.25) is 5.91 Å². The molecule has 0 N–H and O–H groups in total. The maximum Gasteiger partial charge on any atom is 0.236 e. The highest BCUT2D eigenvalue weighted by atomic mass is 16.5. The number of benzene rings is 1. The third kappa shape index (κ3) is 5.22. The number of hydrogen-bond donors (Lipinski definition) is 0. The normalized spacial score (nSPS) is 18.7. The SMILES string of the molecule is Cc1ccccc1Cc1cccc(C2CCN(C(=O)CN3CCOCC3)CC2)n1. The molecule has 5 nitrogen and oxygen atoms in total. The second-order valence-corrected chi connectivity index (χ2v) is 8.20. The first-order chi connectivity index (χ1) is 14.2. The molecule has 2 fully saturated rings. The minimum absolute atomic E-state index is 0.256. The molecule has 3 heterocycles. The second kappa shape index (κ2) is 9.51. The lowest BCUT2D eigenvalue weighted by Gasteiger charge is -2.34. The summed E-state index contributed by atoms with van der Waals surface area (Å²) in [5.74, 6) is 0.700. The Hall–Kier alpha value is -2.24. The summed E-state index contributed by atoms with van der Waals surface area (Å²) in [6.45, 7) is 7.54. The van der Waals surface area contributed by atoms with E-state index in [-0.39, 0.29) is 5.91 Å². The highest BCUT2D eigenvalue weighted by molar-refractivity contribution is 5.78. The van der Waals surface area contributed by atoms with Crippen LogP contribution in [0.15, 0.2) is 42.5 Å². The molecule has 5 heteroatoms. The predicted molar refractivity (Wildman–Crippen MR) is 114 cm³/mol. The van der Waals surface area contributed by atoms with Crippen molar-refractivity contribution in [3.05, 3.63) is 65.0 Å². The number of morpholine rings is 1. The van der Waals surface area contributed by atoms with Crippen LogP contribution >= 0.6 is 0 Å². The van der Waals surface area contributed by atoms with E-state index in [2.05, 4.69) is 54.3 Å². The lowest BCUT2D eigenvalue weighted by atomic mass is 9.92. The van der Waals surface area contributed by atoms with Crippen LogP contribution in [-0.2, 0) is 16.0 Å². The molecule has 0 radical (unpaired) electrons. The maximum absolute atomic E-state index is 12.6. The van der Waals surface area contributed by atoms with Gasteiger partial charge in [-0.15, -0.1) is 0 Å². The Morgan fingerprint density at radius 1 is 1.03 bits per heavy atom. The Kier molecular flexibility index (Phi) is 6.57. The quantitative estimate of drug-likeness (QED) is 0.783. The van der Waals surface area contributed by atoms with E-state index in [1.54, 1.807) is 0 Å². The zero-order chi connectivity index (χ0) is 20.1. The average molecular weight is 394 g/mol. The number of piperidine rings is 1. The van der Waals surface area contributed by atoms with Gasteiger partial charge in [0.15, 0.2) is 0 Å². The Balaban J connectivity index is 1.32. The fourth-order valence-corrected chi connectivity index (χ4v) is 4.30. The van der Waals surface area contributed by atoms with E-state index in [1.165, 1.54) is 16.8 Å². The molecule has 154 valence electrons. The van der Waals surface area contributed by atoms with E-state index in [0.717, 1.165) is 64.3 Å². The number of carbonyl (C=O) groups is 1. The Morgan fingerprint density at radius 2 is 1.79 bits per heavy atom. The lowest BCUT2D eigenvalue weighted by molar-refractivity contribution is -0.134. The number of amides is 1. The van der Waals surface area contributed by atoms with Gasteiger partial charge < -0.3 is 9.64 Å². The van der Waals surface area contributed by atoms with Crippen molar-refractivity contribution in [3.63, 3.8) is 0 Å². The van der Waals surface area contributed by atoms with Crippen LogP contribution in [-0.4, -0.2) is 66.6 Å². The third-order valence-corrected chi connectivity index (χ3v) is 6.19. The van der Waals surface area contributed by atoms with Gasteiger partial charge in [0, 0.05) is 49.9 Å². The van der Waals surface area contributed by atoms with Gasteiger partial charge in [-0.05, 0) is 43.0 Å². The number of pyridine rings is 1. The maximum atomic E-state index is 12.6. The minimum Gasteiger partial charge on any atom is -0.379 e. The first-order valence-electron chi connectivity index (χ1n) is 10.8. The van der Waals surface area contributed by atoms with Crippen molar-refractivity contribution < 1.29 is 9.53 Å². The van der Waals surface area contributed by atoms with Crippen LogP contribution in [0.1, 0.15) is 41.3 Å². The molecule has 1 amide bonds. The van der Waals surface area contributed by atoms with E-state index in [9.17, 15) is 4.79 Å². The summed E-state index contributed by atoms with van der Waals surface area (Å²) >= 11 is 0. The van der Waals surface area contributed by atoms with Gasteiger partial charge in [0.05, 0.1) is 19.8 Å². The summed E-state index contributed by atoms with van der Waals surface area (Å²) in [6.07, 6.45) is 2.86. The van der Waals surface area contributed by atoms with Gasteiger partial charge in [0.1, 0.15) is 0 Å². The van der Waals surface area contributed by atoms with E-state index >= 15 is 0 Å². The zero-order valence-electron chi connectivity index (χ0n) is 17.3. The molecule has 0 saturated carbocycles. The van der Waals surface area contributed by atoms with Crippen molar-refractivity contribution >= 4 is 5.91 Å². The molecule has 0 atom stereocenters. The molecule has 4 rings (SSSR count). The number of rotatable bonds is 5. The number of likely N-dealkylation sites (tertiary alicyclic amines) is 1. The fraction of sp³-hybridized carbons (Fsp3) is 0.500. The van der Waals surface area contributed by atoms with Gasteiger partial charge in [-0.25, -0.2) is 0 Å². The first kappa shape index (κ1) is 20.0. The molecule has 1 aromatic heterocycles. The molecule has 2 aromatic rings. The minimum atomic E-state index is 0.256. The standard InChI is InChI=1S/C24H31N3O2/c1-19-5-2-3-6-21(19)17-22-7-4-8-23(25-22)20-9-11-27(12-10-20)24(28)18-26-13-15-29-16-14-26/h2-8,20H,9-18H2,1H3. The summed E-state index contributed by atoms with van der Waals surface area (Å²) in [4.78, 5) is 21.8. The fourth-order valence-electron chi connectivity index (χ4n) is 4.30. The van der Waals surface area contributed by atoms with Crippen molar-refractivity contribution in [3.8, 4) is 0 Å². The van der Waals surface area contributed by atoms with Crippen LogP contribution < -0.4 is 0 Å². The topological polar surface area (TPSA) is 45.7 Å². The van der Waals surface area contributed by atoms with Gasteiger partial charge in [0.25, 0.3) is 0 Å². The van der Waals surface area contributed by atoms with Crippen molar-refractivity contribution in [1.82, 2.24) is 14.8 Å². The predicted octanol–water partition coefficient (Wildman–Crippen LogP) is 3.02. The van der Waals surface area contributed by atoms with Crippen molar-refractivity contribution in [2.75, 3.05) is 45.9 Å². The molecule has 0 bridgehead atoms. The number of carbonyl (C=O) groups excluding carboxylic acids is 1. The van der Waals surface area contributed by atoms with Gasteiger partial charge in [-0.1, -0.05) is 30.3 Å². The monoisotopic (exact) mass is 393 g/mol. The van der Waals surface area contributed by atoms with Crippen molar-refractivity contribution in [2.45, 2.75) is 32.1 Å². The smallest absolute Gasteiger partial charge is 0.236 e. The van der Waals surface area contributed by atoms with E-state index < -0.39 is 0 Å². The number of hydrogen-bond acceptors (Lipinski definition) is 4. The average Bonchev–Trinajstić information content (AvgIpc) is 2.76. The largest absolute Gasteiger partial charge is 0.379 e. The lowest BCUT2D eigenvalue weighted by Crippen LogP contribution is -2.46. The van der Waals surface area contributed by atoms with E-state index in [4.69, 9.17) is 9.72 Å². The van der Waals surface area contributed by atoms with Crippen LogP contribution in [0.3, 0.4) is 0 Å². The molecule has 2 aliphatic heterocycles. The molecule has 2 saturated heterocycles. The number of aryl methyl sites for hydroxylation is 1. The van der Waals surface area contributed by atoms with Crippen LogP contribution in [0.4, 0.5) is 0 Å². The van der Waals surface area contributed by atoms with Crippen LogP contribution in [0.2, 0.25) is 0 Å².